The molecule has 1 aliphatic heterocycles. The molecule has 0 bridgehead atoms. The first-order valence-electron chi connectivity index (χ1n) is 9.59. The molecule has 2 aromatic rings. The normalized spacial score (nSPS) is 17.1. The van der Waals surface area contributed by atoms with Gasteiger partial charge in [0.1, 0.15) is 17.3 Å². The molecule has 2 heterocycles. The molecule has 0 spiro atoms. The molecule has 1 saturated heterocycles. The Kier molecular flexibility index (Phi) is 6.06. The summed E-state index contributed by atoms with van der Waals surface area (Å²) in [5, 5.41) is 13.2. The van der Waals surface area contributed by atoms with E-state index in [9.17, 15) is 14.0 Å². The standard InChI is InChI=1S/C20H25FN4O3/c1-13(2)19-22-18(23-25(19)16-8-4-3-7-15(16)21)20(28)24-11-5-6-14(12-24)9-10-17(26)27/h3-4,7-8,13-14H,5-6,9-12H2,1-2H3,(H,26,27). The average Bonchev–Trinajstić information content (AvgIpc) is 3.12. The van der Waals surface area contributed by atoms with Gasteiger partial charge in [0.15, 0.2) is 0 Å². The zero-order valence-corrected chi connectivity index (χ0v) is 16.1. The maximum Gasteiger partial charge on any atom is 0.303 e. The van der Waals surface area contributed by atoms with Gasteiger partial charge in [0, 0.05) is 25.4 Å². The fourth-order valence-electron chi connectivity index (χ4n) is 3.54. The number of hydrogen-bond donors (Lipinski definition) is 1. The molecule has 1 fully saturated rings. The van der Waals surface area contributed by atoms with Crippen molar-refractivity contribution in [3.05, 3.63) is 41.7 Å². The molecular formula is C20H25FN4O3. The van der Waals surface area contributed by atoms with Crippen LogP contribution in [0.2, 0.25) is 0 Å². The fraction of sp³-hybridized carbons (Fsp3) is 0.500. The molecule has 7 nitrogen and oxygen atoms in total. The van der Waals surface area contributed by atoms with Crippen LogP contribution in [0, 0.1) is 11.7 Å². The van der Waals surface area contributed by atoms with Crippen molar-refractivity contribution in [1.82, 2.24) is 19.7 Å². The van der Waals surface area contributed by atoms with E-state index in [2.05, 4.69) is 10.1 Å². The number of carboxylic acids is 1. The molecule has 0 saturated carbocycles. The van der Waals surface area contributed by atoms with Crippen molar-refractivity contribution in [2.75, 3.05) is 13.1 Å². The van der Waals surface area contributed by atoms with Gasteiger partial charge in [-0.1, -0.05) is 26.0 Å². The van der Waals surface area contributed by atoms with Crippen molar-refractivity contribution in [3.63, 3.8) is 0 Å². The van der Waals surface area contributed by atoms with E-state index in [0.29, 0.717) is 25.3 Å². The van der Waals surface area contributed by atoms with E-state index in [1.165, 1.54) is 10.7 Å². The van der Waals surface area contributed by atoms with Gasteiger partial charge < -0.3 is 10.0 Å². The van der Waals surface area contributed by atoms with Crippen molar-refractivity contribution >= 4 is 11.9 Å². The quantitative estimate of drug-likeness (QED) is 0.821. The summed E-state index contributed by atoms with van der Waals surface area (Å²) in [6, 6.07) is 6.26. The number of aliphatic carboxylic acids is 1. The molecule has 1 amide bonds. The molecule has 0 radical (unpaired) electrons. The Morgan fingerprint density at radius 3 is 2.75 bits per heavy atom. The van der Waals surface area contributed by atoms with Gasteiger partial charge in [-0.2, -0.15) is 0 Å². The Balaban J connectivity index is 1.83. The first kappa shape index (κ1) is 20.0. The maximum atomic E-state index is 14.3. The molecule has 1 N–H and O–H groups in total. The van der Waals surface area contributed by atoms with Gasteiger partial charge in [0.25, 0.3) is 5.91 Å². The molecule has 28 heavy (non-hydrogen) atoms. The number of carbonyl (C=O) groups is 2. The lowest BCUT2D eigenvalue weighted by molar-refractivity contribution is -0.137. The number of piperidine rings is 1. The molecule has 150 valence electrons. The van der Waals surface area contributed by atoms with E-state index in [1.807, 2.05) is 13.8 Å². The van der Waals surface area contributed by atoms with E-state index in [4.69, 9.17) is 5.11 Å². The molecule has 0 aliphatic carbocycles. The largest absolute Gasteiger partial charge is 0.481 e. The van der Waals surface area contributed by atoms with Crippen LogP contribution in [-0.4, -0.2) is 49.7 Å². The minimum atomic E-state index is -0.824. The zero-order valence-electron chi connectivity index (χ0n) is 16.1. The minimum Gasteiger partial charge on any atom is -0.481 e. The Morgan fingerprint density at radius 1 is 1.32 bits per heavy atom. The monoisotopic (exact) mass is 388 g/mol. The number of carbonyl (C=O) groups excluding carboxylic acids is 1. The second-order valence-electron chi connectivity index (χ2n) is 7.50. The number of hydrogen-bond acceptors (Lipinski definition) is 4. The van der Waals surface area contributed by atoms with Crippen LogP contribution in [0.5, 0.6) is 0 Å². The predicted octanol–water partition coefficient (Wildman–Crippen LogP) is 3.25. The van der Waals surface area contributed by atoms with Crippen LogP contribution in [0.15, 0.2) is 24.3 Å². The second kappa shape index (κ2) is 8.50. The molecule has 3 rings (SSSR count). The van der Waals surface area contributed by atoms with E-state index in [-0.39, 0.29) is 35.7 Å². The Hall–Kier alpha value is -2.77. The summed E-state index contributed by atoms with van der Waals surface area (Å²) in [7, 11) is 0. The number of para-hydroxylation sites is 1. The average molecular weight is 388 g/mol. The fourth-order valence-corrected chi connectivity index (χ4v) is 3.54. The van der Waals surface area contributed by atoms with Gasteiger partial charge in [-0.05, 0) is 37.3 Å². The lowest BCUT2D eigenvalue weighted by Gasteiger charge is -2.31. The van der Waals surface area contributed by atoms with Crippen LogP contribution in [0.25, 0.3) is 5.69 Å². The van der Waals surface area contributed by atoms with Gasteiger partial charge >= 0.3 is 5.97 Å². The van der Waals surface area contributed by atoms with E-state index < -0.39 is 11.8 Å². The number of likely N-dealkylation sites (tertiary alicyclic amines) is 1. The van der Waals surface area contributed by atoms with Gasteiger partial charge in [-0.25, -0.2) is 14.1 Å². The third kappa shape index (κ3) is 4.37. The number of carboxylic acid groups (broad SMARTS) is 1. The maximum absolute atomic E-state index is 14.3. The molecule has 1 aromatic heterocycles. The summed E-state index contributed by atoms with van der Waals surface area (Å²) in [6.07, 6.45) is 2.38. The lowest BCUT2D eigenvalue weighted by Crippen LogP contribution is -2.40. The molecule has 1 atom stereocenters. The number of aromatic nitrogens is 3. The van der Waals surface area contributed by atoms with Gasteiger partial charge in [0.2, 0.25) is 5.82 Å². The Labute approximate surface area is 163 Å². The number of nitrogens with zero attached hydrogens (tertiary/aromatic N) is 4. The Morgan fingerprint density at radius 2 is 2.07 bits per heavy atom. The summed E-state index contributed by atoms with van der Waals surface area (Å²) in [5.74, 6) is -0.864. The van der Waals surface area contributed by atoms with Gasteiger partial charge in [-0.3, -0.25) is 9.59 Å². The molecule has 1 unspecified atom stereocenters. The van der Waals surface area contributed by atoms with Crippen LogP contribution in [-0.2, 0) is 4.79 Å². The first-order chi connectivity index (χ1) is 13.4. The van der Waals surface area contributed by atoms with E-state index >= 15 is 0 Å². The number of benzene rings is 1. The van der Waals surface area contributed by atoms with Crippen molar-refractivity contribution in [3.8, 4) is 5.69 Å². The molecule has 8 heteroatoms. The highest BCUT2D eigenvalue weighted by Crippen LogP contribution is 2.24. The zero-order chi connectivity index (χ0) is 20.3. The number of halogens is 1. The third-order valence-electron chi connectivity index (χ3n) is 4.99. The summed E-state index contributed by atoms with van der Waals surface area (Å²) in [6.45, 7) is 4.92. The minimum absolute atomic E-state index is 0.0432. The van der Waals surface area contributed by atoms with Gasteiger partial charge in [-0.15, -0.1) is 5.10 Å². The Bertz CT molecular complexity index is 865. The summed E-state index contributed by atoms with van der Waals surface area (Å²) in [5.41, 5.74) is 0.260. The van der Waals surface area contributed by atoms with E-state index in [0.717, 1.165) is 12.8 Å². The van der Waals surface area contributed by atoms with Crippen LogP contribution in [0.3, 0.4) is 0 Å². The van der Waals surface area contributed by atoms with Crippen molar-refractivity contribution < 1.29 is 19.1 Å². The van der Waals surface area contributed by atoms with E-state index in [1.54, 1.807) is 23.1 Å². The third-order valence-corrected chi connectivity index (χ3v) is 4.99. The SMILES string of the molecule is CC(C)c1nc(C(=O)N2CCCC(CCC(=O)O)C2)nn1-c1ccccc1F. The van der Waals surface area contributed by atoms with Gasteiger partial charge in [0.05, 0.1) is 0 Å². The van der Waals surface area contributed by atoms with Crippen LogP contribution >= 0.6 is 0 Å². The first-order valence-corrected chi connectivity index (χ1v) is 9.59. The highest BCUT2D eigenvalue weighted by atomic mass is 19.1. The molecule has 1 aromatic carbocycles. The van der Waals surface area contributed by atoms with Crippen molar-refractivity contribution in [1.29, 1.82) is 0 Å². The van der Waals surface area contributed by atoms with Crippen LogP contribution < -0.4 is 0 Å². The van der Waals surface area contributed by atoms with Crippen molar-refractivity contribution in [2.45, 2.75) is 45.4 Å². The van der Waals surface area contributed by atoms with Crippen LogP contribution in [0.1, 0.15) is 61.9 Å². The summed E-state index contributed by atoms with van der Waals surface area (Å²) in [4.78, 5) is 29.9. The topological polar surface area (TPSA) is 88.3 Å². The van der Waals surface area contributed by atoms with Crippen molar-refractivity contribution in [2.24, 2.45) is 5.92 Å². The predicted molar refractivity (Wildman–Crippen MR) is 101 cm³/mol. The number of rotatable bonds is 6. The highest BCUT2D eigenvalue weighted by molar-refractivity contribution is 5.90. The highest BCUT2D eigenvalue weighted by Gasteiger charge is 2.29. The molecule has 1 aliphatic rings. The van der Waals surface area contributed by atoms with Crippen LogP contribution in [0.4, 0.5) is 4.39 Å². The second-order valence-corrected chi connectivity index (χ2v) is 7.50. The summed E-state index contributed by atoms with van der Waals surface area (Å²) < 4.78 is 15.7. The molecular weight excluding hydrogens is 363 g/mol. The summed E-state index contributed by atoms with van der Waals surface area (Å²) >= 11 is 0. The smallest absolute Gasteiger partial charge is 0.303 e. The number of amides is 1. The lowest BCUT2D eigenvalue weighted by atomic mass is 9.93.